The lowest BCUT2D eigenvalue weighted by atomic mass is 10.2. The highest BCUT2D eigenvalue weighted by Gasteiger charge is 2.11. The van der Waals surface area contributed by atoms with Crippen LogP contribution in [0.3, 0.4) is 0 Å². The first-order valence-corrected chi connectivity index (χ1v) is 8.53. The van der Waals surface area contributed by atoms with E-state index in [-0.39, 0.29) is 11.8 Å². The summed E-state index contributed by atoms with van der Waals surface area (Å²) in [6.07, 6.45) is 3.24. The molecule has 0 fully saturated rings. The van der Waals surface area contributed by atoms with Gasteiger partial charge < -0.3 is 14.5 Å². The van der Waals surface area contributed by atoms with Crippen molar-refractivity contribution in [2.24, 2.45) is 0 Å². The minimum Gasteiger partial charge on any atom is -0.478 e. The maximum atomic E-state index is 12.3. The predicted molar refractivity (Wildman–Crippen MR) is 99.4 cm³/mol. The molecule has 134 valence electrons. The molecule has 1 N–H and O–H groups in total. The summed E-state index contributed by atoms with van der Waals surface area (Å²) in [5.41, 5.74) is 2.01. The van der Waals surface area contributed by atoms with Crippen molar-refractivity contribution in [1.29, 1.82) is 0 Å². The third-order valence-electron chi connectivity index (χ3n) is 3.77. The minimum atomic E-state index is -0.230. The first-order valence-electron chi connectivity index (χ1n) is 8.53. The van der Waals surface area contributed by atoms with Gasteiger partial charge in [0.1, 0.15) is 5.76 Å². The molecule has 0 aliphatic carbocycles. The summed E-state index contributed by atoms with van der Waals surface area (Å²) in [6, 6.07) is 10.7. The lowest BCUT2D eigenvalue weighted by molar-refractivity contribution is 0.102. The van der Waals surface area contributed by atoms with Gasteiger partial charge in [-0.3, -0.25) is 4.79 Å². The van der Waals surface area contributed by atoms with Crippen molar-refractivity contribution in [3.05, 3.63) is 60.1 Å². The Bertz CT molecular complexity index is 868. The highest BCUT2D eigenvalue weighted by atomic mass is 16.5. The molecule has 0 radical (unpaired) electrons. The van der Waals surface area contributed by atoms with Gasteiger partial charge in [-0.2, -0.15) is 0 Å². The number of rotatable bonds is 6. The fourth-order valence-electron chi connectivity index (χ4n) is 2.33. The molecule has 1 amide bonds. The third-order valence-corrected chi connectivity index (χ3v) is 3.77. The Morgan fingerprint density at radius 2 is 1.88 bits per heavy atom. The summed E-state index contributed by atoms with van der Waals surface area (Å²) in [7, 11) is 0. The molecule has 0 bridgehead atoms. The van der Waals surface area contributed by atoms with E-state index in [1.807, 2.05) is 31.2 Å². The fourth-order valence-corrected chi connectivity index (χ4v) is 2.33. The molecule has 2 aromatic heterocycles. The molecular weight excluding hydrogens is 330 g/mol. The molecule has 6 nitrogen and oxygen atoms in total. The van der Waals surface area contributed by atoms with Crippen LogP contribution in [0.4, 0.5) is 5.69 Å². The van der Waals surface area contributed by atoms with Crippen molar-refractivity contribution < 1.29 is 13.9 Å². The number of oxazole rings is 1. The normalized spacial score (nSPS) is 10.8. The molecule has 3 rings (SSSR count). The Hall–Kier alpha value is -3.15. The van der Waals surface area contributed by atoms with Crippen molar-refractivity contribution >= 4 is 11.6 Å². The number of ether oxygens (including phenoxy) is 1. The number of carbonyl (C=O) groups excluding carboxylic acids is 1. The SMILES string of the molecule is CCOc1ccc(C(=O)Nc2ccc(-c3ncc(C(C)C)o3)cc2)cn1. The van der Waals surface area contributed by atoms with Crippen LogP contribution in [0.15, 0.2) is 53.2 Å². The van der Waals surface area contributed by atoms with E-state index in [0.717, 1.165) is 11.3 Å². The molecule has 6 heteroatoms. The zero-order valence-corrected chi connectivity index (χ0v) is 15.0. The lowest BCUT2D eigenvalue weighted by Crippen LogP contribution is -2.12. The average Bonchev–Trinajstić information content (AvgIpc) is 3.14. The van der Waals surface area contributed by atoms with Crippen LogP contribution in [0.5, 0.6) is 5.88 Å². The Balaban J connectivity index is 1.67. The Kier molecular flexibility index (Phi) is 5.31. The van der Waals surface area contributed by atoms with Crippen molar-refractivity contribution in [2.75, 3.05) is 11.9 Å². The van der Waals surface area contributed by atoms with Crippen molar-refractivity contribution in [2.45, 2.75) is 26.7 Å². The van der Waals surface area contributed by atoms with E-state index < -0.39 is 0 Å². The molecule has 0 saturated carbocycles. The second kappa shape index (κ2) is 7.82. The number of pyridine rings is 1. The van der Waals surface area contributed by atoms with Gasteiger partial charge in [-0.1, -0.05) is 13.8 Å². The van der Waals surface area contributed by atoms with Crippen LogP contribution in [0.2, 0.25) is 0 Å². The van der Waals surface area contributed by atoms with Crippen LogP contribution in [0, 0.1) is 0 Å². The molecule has 3 aromatic rings. The molecule has 0 atom stereocenters. The maximum absolute atomic E-state index is 12.3. The van der Waals surface area contributed by atoms with Crippen molar-refractivity contribution in [1.82, 2.24) is 9.97 Å². The van der Waals surface area contributed by atoms with Gasteiger partial charge in [0, 0.05) is 29.4 Å². The maximum Gasteiger partial charge on any atom is 0.257 e. The first kappa shape index (κ1) is 17.7. The fraction of sp³-hybridized carbons (Fsp3) is 0.250. The Morgan fingerprint density at radius 1 is 1.12 bits per heavy atom. The quantitative estimate of drug-likeness (QED) is 0.707. The van der Waals surface area contributed by atoms with Gasteiger partial charge in [0.25, 0.3) is 5.91 Å². The standard InChI is InChI=1S/C20H21N3O3/c1-4-25-18-10-7-15(11-21-18)19(24)23-16-8-5-14(6-9-16)20-22-12-17(26-20)13(2)3/h5-13H,4H2,1-3H3,(H,23,24). The average molecular weight is 351 g/mol. The van der Waals surface area contributed by atoms with E-state index in [2.05, 4.69) is 29.1 Å². The molecule has 2 heterocycles. The third kappa shape index (κ3) is 4.08. The van der Waals surface area contributed by atoms with Crippen LogP contribution < -0.4 is 10.1 Å². The summed E-state index contributed by atoms with van der Waals surface area (Å²) in [4.78, 5) is 20.7. The highest BCUT2D eigenvalue weighted by molar-refractivity contribution is 6.04. The lowest BCUT2D eigenvalue weighted by Gasteiger charge is -2.07. The molecule has 0 saturated heterocycles. The Morgan fingerprint density at radius 3 is 2.46 bits per heavy atom. The van der Waals surface area contributed by atoms with Crippen LogP contribution in [-0.2, 0) is 0 Å². The zero-order valence-electron chi connectivity index (χ0n) is 15.0. The van der Waals surface area contributed by atoms with Crippen LogP contribution in [0.1, 0.15) is 42.8 Å². The zero-order chi connectivity index (χ0) is 18.5. The number of aromatic nitrogens is 2. The number of anilines is 1. The minimum absolute atomic E-state index is 0.230. The molecule has 0 aliphatic heterocycles. The number of benzene rings is 1. The topological polar surface area (TPSA) is 77.2 Å². The van der Waals surface area contributed by atoms with Gasteiger partial charge in [0.15, 0.2) is 0 Å². The number of carbonyl (C=O) groups is 1. The van der Waals surface area contributed by atoms with Gasteiger partial charge >= 0.3 is 0 Å². The van der Waals surface area contributed by atoms with Crippen molar-refractivity contribution in [3.63, 3.8) is 0 Å². The van der Waals surface area contributed by atoms with E-state index in [1.165, 1.54) is 6.20 Å². The predicted octanol–water partition coefficient (Wildman–Crippen LogP) is 4.51. The Labute approximate surface area is 152 Å². The van der Waals surface area contributed by atoms with E-state index in [9.17, 15) is 4.79 Å². The van der Waals surface area contributed by atoms with E-state index in [4.69, 9.17) is 9.15 Å². The number of hydrogen-bond donors (Lipinski definition) is 1. The van der Waals surface area contributed by atoms with Crippen LogP contribution >= 0.6 is 0 Å². The molecule has 1 aromatic carbocycles. The summed E-state index contributed by atoms with van der Waals surface area (Å²) >= 11 is 0. The summed E-state index contributed by atoms with van der Waals surface area (Å²) < 4.78 is 11.0. The number of hydrogen-bond acceptors (Lipinski definition) is 5. The van der Waals surface area contributed by atoms with Gasteiger partial charge in [-0.25, -0.2) is 9.97 Å². The number of amides is 1. The van der Waals surface area contributed by atoms with Gasteiger partial charge in [-0.05, 0) is 37.3 Å². The summed E-state index contributed by atoms with van der Waals surface area (Å²) in [5.74, 6) is 1.98. The summed E-state index contributed by atoms with van der Waals surface area (Å²) in [5, 5.41) is 2.84. The highest BCUT2D eigenvalue weighted by Crippen LogP contribution is 2.24. The molecule has 0 aliphatic rings. The molecule has 26 heavy (non-hydrogen) atoms. The van der Waals surface area contributed by atoms with E-state index in [1.54, 1.807) is 18.3 Å². The first-order chi connectivity index (χ1) is 12.6. The number of nitrogens with zero attached hydrogens (tertiary/aromatic N) is 2. The largest absolute Gasteiger partial charge is 0.478 e. The van der Waals surface area contributed by atoms with Crippen LogP contribution in [-0.4, -0.2) is 22.5 Å². The van der Waals surface area contributed by atoms with Gasteiger partial charge in [-0.15, -0.1) is 0 Å². The summed E-state index contributed by atoms with van der Waals surface area (Å²) in [6.45, 7) is 6.53. The molecular formula is C20H21N3O3. The van der Waals surface area contributed by atoms with Gasteiger partial charge in [0.05, 0.1) is 18.4 Å². The second-order valence-electron chi connectivity index (χ2n) is 6.07. The second-order valence-corrected chi connectivity index (χ2v) is 6.07. The smallest absolute Gasteiger partial charge is 0.257 e. The van der Waals surface area contributed by atoms with Gasteiger partial charge in [0.2, 0.25) is 11.8 Å². The molecule has 0 unspecified atom stereocenters. The van der Waals surface area contributed by atoms with Crippen molar-refractivity contribution in [3.8, 4) is 17.3 Å². The number of nitrogens with one attached hydrogen (secondary N) is 1. The van der Waals surface area contributed by atoms with E-state index in [0.29, 0.717) is 29.6 Å². The molecule has 0 spiro atoms. The van der Waals surface area contributed by atoms with E-state index >= 15 is 0 Å². The van der Waals surface area contributed by atoms with Crippen LogP contribution in [0.25, 0.3) is 11.5 Å². The monoisotopic (exact) mass is 351 g/mol.